The molecule has 2 rings (SSSR count). The molecule has 5 nitrogen and oxygen atoms in total. The zero-order valence-electron chi connectivity index (χ0n) is 11.4. The Balaban J connectivity index is 2.04. The van der Waals surface area contributed by atoms with Crippen LogP contribution in [-0.2, 0) is 9.59 Å². The zero-order chi connectivity index (χ0) is 15.2. The van der Waals surface area contributed by atoms with Crippen molar-refractivity contribution in [3.63, 3.8) is 0 Å². The van der Waals surface area contributed by atoms with Crippen molar-refractivity contribution < 1.29 is 14.0 Å². The maximum atomic E-state index is 13.6. The minimum Gasteiger partial charge on any atom is -0.347 e. The lowest BCUT2D eigenvalue weighted by molar-refractivity contribution is -0.122. The summed E-state index contributed by atoms with van der Waals surface area (Å²) < 4.78 is 13.6. The lowest BCUT2D eigenvalue weighted by Crippen LogP contribution is -2.31. The Morgan fingerprint density at radius 2 is 1.95 bits per heavy atom. The largest absolute Gasteiger partial charge is 0.347 e. The maximum Gasteiger partial charge on any atom is 0.244 e. The summed E-state index contributed by atoms with van der Waals surface area (Å²) in [5.74, 6) is -0.656. The summed E-state index contributed by atoms with van der Waals surface area (Å²) in [5.41, 5.74) is 1.06. The molecule has 2 amide bonds. The van der Waals surface area contributed by atoms with Crippen LogP contribution in [0.2, 0.25) is 0 Å². The van der Waals surface area contributed by atoms with Gasteiger partial charge in [-0.1, -0.05) is 18.2 Å². The van der Waals surface area contributed by atoms with Gasteiger partial charge in [0.2, 0.25) is 11.8 Å². The molecule has 0 saturated heterocycles. The highest BCUT2D eigenvalue weighted by atomic mass is 19.1. The molecule has 2 aromatic rings. The molecule has 0 aliphatic rings. The molecule has 2 N–H and O–H groups in total. The van der Waals surface area contributed by atoms with Crippen LogP contribution in [0, 0.1) is 5.82 Å². The Morgan fingerprint density at radius 1 is 1.19 bits per heavy atom. The van der Waals surface area contributed by atoms with Crippen LogP contribution in [0.4, 0.5) is 10.2 Å². The fourth-order valence-corrected chi connectivity index (χ4v) is 1.71. The maximum absolute atomic E-state index is 13.6. The van der Waals surface area contributed by atoms with Crippen LogP contribution in [-0.4, -0.2) is 23.3 Å². The SMILES string of the molecule is CC(=O)NCC(=O)Nc1ccc(-c2ccccc2F)cn1. The van der Waals surface area contributed by atoms with Crippen molar-refractivity contribution in [2.75, 3.05) is 11.9 Å². The van der Waals surface area contributed by atoms with Crippen molar-refractivity contribution >= 4 is 17.6 Å². The van der Waals surface area contributed by atoms with Gasteiger partial charge >= 0.3 is 0 Å². The normalized spacial score (nSPS) is 10.0. The molecule has 0 fully saturated rings. The van der Waals surface area contributed by atoms with E-state index in [1.165, 1.54) is 19.2 Å². The second kappa shape index (κ2) is 6.60. The van der Waals surface area contributed by atoms with Gasteiger partial charge in [-0.05, 0) is 18.2 Å². The van der Waals surface area contributed by atoms with Crippen LogP contribution in [0.3, 0.4) is 0 Å². The number of anilines is 1. The number of hydrogen-bond acceptors (Lipinski definition) is 3. The summed E-state index contributed by atoms with van der Waals surface area (Å²) in [6.45, 7) is 1.21. The standard InChI is InChI=1S/C15H14FN3O2/c1-10(20)17-9-15(21)19-14-7-6-11(8-18-14)12-4-2-3-5-13(12)16/h2-8H,9H2,1H3,(H,17,20)(H,18,19,21). The first-order valence-electron chi connectivity index (χ1n) is 6.31. The zero-order valence-corrected chi connectivity index (χ0v) is 11.4. The molecular weight excluding hydrogens is 273 g/mol. The predicted octanol–water partition coefficient (Wildman–Crippen LogP) is 1.96. The number of nitrogens with zero attached hydrogens (tertiary/aromatic N) is 1. The van der Waals surface area contributed by atoms with Gasteiger partial charge in [-0.15, -0.1) is 0 Å². The highest BCUT2D eigenvalue weighted by Crippen LogP contribution is 2.22. The molecule has 108 valence electrons. The molecule has 0 atom stereocenters. The van der Waals surface area contributed by atoms with Crippen molar-refractivity contribution in [1.29, 1.82) is 0 Å². The monoisotopic (exact) mass is 287 g/mol. The van der Waals surface area contributed by atoms with E-state index in [9.17, 15) is 14.0 Å². The number of carbonyl (C=O) groups excluding carboxylic acids is 2. The number of pyridine rings is 1. The van der Waals surface area contributed by atoms with E-state index in [4.69, 9.17) is 0 Å². The van der Waals surface area contributed by atoms with E-state index >= 15 is 0 Å². The number of amides is 2. The third-order valence-electron chi connectivity index (χ3n) is 2.71. The fraction of sp³-hybridized carbons (Fsp3) is 0.133. The lowest BCUT2D eigenvalue weighted by Gasteiger charge is -2.06. The summed E-state index contributed by atoms with van der Waals surface area (Å²) in [5, 5.41) is 4.91. The van der Waals surface area contributed by atoms with Gasteiger partial charge in [0.25, 0.3) is 0 Å². The Hall–Kier alpha value is -2.76. The Bertz CT molecular complexity index is 656. The van der Waals surface area contributed by atoms with E-state index in [0.29, 0.717) is 16.9 Å². The summed E-state index contributed by atoms with van der Waals surface area (Å²) >= 11 is 0. The first kappa shape index (κ1) is 14.6. The summed E-state index contributed by atoms with van der Waals surface area (Å²) in [4.78, 5) is 26.2. The number of rotatable bonds is 4. The predicted molar refractivity (Wildman–Crippen MR) is 76.9 cm³/mol. The number of hydrogen-bond donors (Lipinski definition) is 2. The van der Waals surface area contributed by atoms with Crippen LogP contribution in [0.25, 0.3) is 11.1 Å². The van der Waals surface area contributed by atoms with Gasteiger partial charge in [0, 0.05) is 24.2 Å². The number of benzene rings is 1. The van der Waals surface area contributed by atoms with Crippen LogP contribution < -0.4 is 10.6 Å². The second-order valence-corrected chi connectivity index (χ2v) is 4.37. The highest BCUT2D eigenvalue weighted by Gasteiger charge is 2.06. The van der Waals surface area contributed by atoms with E-state index in [0.717, 1.165) is 0 Å². The molecule has 1 heterocycles. The highest BCUT2D eigenvalue weighted by molar-refractivity contribution is 5.93. The first-order chi connectivity index (χ1) is 10.1. The molecule has 0 spiro atoms. The molecule has 21 heavy (non-hydrogen) atoms. The third-order valence-corrected chi connectivity index (χ3v) is 2.71. The topological polar surface area (TPSA) is 71.1 Å². The van der Waals surface area contributed by atoms with E-state index in [1.54, 1.807) is 30.3 Å². The van der Waals surface area contributed by atoms with Crippen molar-refractivity contribution in [3.05, 3.63) is 48.4 Å². The molecule has 0 aliphatic heterocycles. The van der Waals surface area contributed by atoms with Crippen LogP contribution in [0.5, 0.6) is 0 Å². The second-order valence-electron chi connectivity index (χ2n) is 4.37. The molecule has 0 aliphatic carbocycles. The van der Waals surface area contributed by atoms with E-state index in [-0.39, 0.29) is 24.2 Å². The van der Waals surface area contributed by atoms with Crippen LogP contribution in [0.15, 0.2) is 42.6 Å². The summed E-state index contributed by atoms with van der Waals surface area (Å²) in [6.07, 6.45) is 1.48. The number of aromatic nitrogens is 1. The molecule has 1 aromatic carbocycles. The molecule has 0 saturated carbocycles. The average molecular weight is 287 g/mol. The van der Waals surface area contributed by atoms with Gasteiger partial charge in [-0.25, -0.2) is 9.37 Å². The molecule has 0 radical (unpaired) electrons. The van der Waals surface area contributed by atoms with Crippen molar-refractivity contribution in [1.82, 2.24) is 10.3 Å². The summed E-state index contributed by atoms with van der Waals surface area (Å²) in [6, 6.07) is 9.62. The quantitative estimate of drug-likeness (QED) is 0.903. The van der Waals surface area contributed by atoms with Crippen LogP contribution >= 0.6 is 0 Å². The van der Waals surface area contributed by atoms with Gasteiger partial charge < -0.3 is 10.6 Å². The van der Waals surface area contributed by atoms with Gasteiger partial charge in [0.15, 0.2) is 0 Å². The molecule has 0 unspecified atom stereocenters. The van der Waals surface area contributed by atoms with Gasteiger partial charge in [0.05, 0.1) is 6.54 Å². The number of carbonyl (C=O) groups is 2. The van der Waals surface area contributed by atoms with Crippen molar-refractivity contribution in [2.45, 2.75) is 6.92 Å². The molecule has 6 heteroatoms. The average Bonchev–Trinajstić information content (AvgIpc) is 2.47. The molecule has 0 bridgehead atoms. The van der Waals surface area contributed by atoms with E-state index < -0.39 is 0 Å². The Morgan fingerprint density at radius 3 is 2.57 bits per heavy atom. The van der Waals surface area contributed by atoms with Crippen LogP contribution in [0.1, 0.15) is 6.92 Å². The van der Waals surface area contributed by atoms with E-state index in [1.807, 2.05) is 0 Å². The number of halogens is 1. The van der Waals surface area contributed by atoms with Gasteiger partial charge in [0.1, 0.15) is 11.6 Å². The van der Waals surface area contributed by atoms with E-state index in [2.05, 4.69) is 15.6 Å². The molecule has 1 aromatic heterocycles. The number of nitrogens with one attached hydrogen (secondary N) is 2. The Labute approximate surface area is 121 Å². The third kappa shape index (κ3) is 4.10. The van der Waals surface area contributed by atoms with Crippen molar-refractivity contribution in [3.8, 4) is 11.1 Å². The van der Waals surface area contributed by atoms with Gasteiger partial charge in [-0.2, -0.15) is 0 Å². The van der Waals surface area contributed by atoms with Gasteiger partial charge in [-0.3, -0.25) is 9.59 Å². The smallest absolute Gasteiger partial charge is 0.244 e. The fourth-order valence-electron chi connectivity index (χ4n) is 1.71. The Kier molecular flexibility index (Phi) is 4.61. The molecular formula is C15H14FN3O2. The minimum absolute atomic E-state index is 0.119. The first-order valence-corrected chi connectivity index (χ1v) is 6.31. The summed E-state index contributed by atoms with van der Waals surface area (Å²) in [7, 11) is 0. The lowest BCUT2D eigenvalue weighted by atomic mass is 10.1. The van der Waals surface area contributed by atoms with Crippen molar-refractivity contribution in [2.24, 2.45) is 0 Å². The minimum atomic E-state index is -0.378.